The highest BCUT2D eigenvalue weighted by molar-refractivity contribution is 5.49. The highest BCUT2D eigenvalue weighted by Gasteiger charge is 2.18. The molecule has 72 valence electrons. The number of anilines is 1. The van der Waals surface area contributed by atoms with E-state index in [1.54, 1.807) is 6.07 Å². The minimum Gasteiger partial charge on any atom is -0.398 e. The van der Waals surface area contributed by atoms with Gasteiger partial charge in [-0.25, -0.2) is 4.39 Å². The van der Waals surface area contributed by atoms with E-state index in [4.69, 9.17) is 11.5 Å². The maximum absolute atomic E-state index is 13.2. The monoisotopic (exact) mass is 184 g/mol. The molecular weight excluding hydrogens is 171 g/mol. The quantitative estimate of drug-likeness (QED) is 0.595. The Hall–Kier alpha value is -1.13. The molecular formula is C9H13FN2O. The molecule has 0 radical (unpaired) electrons. The van der Waals surface area contributed by atoms with Gasteiger partial charge in [-0.1, -0.05) is 6.07 Å². The zero-order valence-corrected chi connectivity index (χ0v) is 7.37. The van der Waals surface area contributed by atoms with Crippen molar-refractivity contribution in [3.8, 4) is 0 Å². The van der Waals surface area contributed by atoms with E-state index in [0.29, 0.717) is 0 Å². The predicted molar refractivity (Wildman–Crippen MR) is 49.4 cm³/mol. The van der Waals surface area contributed by atoms with Crippen molar-refractivity contribution in [1.82, 2.24) is 0 Å². The summed E-state index contributed by atoms with van der Waals surface area (Å²) in [5.74, 6) is -0.478. The normalized spacial score (nSPS) is 15.4. The van der Waals surface area contributed by atoms with Gasteiger partial charge >= 0.3 is 0 Å². The van der Waals surface area contributed by atoms with Crippen molar-refractivity contribution in [3.05, 3.63) is 29.6 Å². The zero-order chi connectivity index (χ0) is 10.0. The van der Waals surface area contributed by atoms with E-state index in [1.807, 2.05) is 0 Å². The van der Waals surface area contributed by atoms with Gasteiger partial charge in [-0.3, -0.25) is 0 Å². The molecule has 0 heterocycles. The summed E-state index contributed by atoms with van der Waals surface area (Å²) in [7, 11) is 0. The number of rotatable bonds is 2. The molecule has 5 N–H and O–H groups in total. The van der Waals surface area contributed by atoms with Gasteiger partial charge in [0.05, 0.1) is 12.1 Å². The van der Waals surface area contributed by atoms with Crippen LogP contribution < -0.4 is 11.5 Å². The van der Waals surface area contributed by atoms with Gasteiger partial charge in [-0.15, -0.1) is 0 Å². The van der Waals surface area contributed by atoms with Crippen LogP contribution in [0.3, 0.4) is 0 Å². The van der Waals surface area contributed by atoms with Crippen molar-refractivity contribution >= 4 is 5.69 Å². The minimum absolute atomic E-state index is 0.178. The number of halogens is 1. The molecule has 3 nitrogen and oxygen atoms in total. The summed E-state index contributed by atoms with van der Waals surface area (Å²) < 4.78 is 13.2. The maximum atomic E-state index is 13.2. The van der Waals surface area contributed by atoms with Crippen molar-refractivity contribution in [2.75, 3.05) is 5.73 Å². The molecule has 0 unspecified atom stereocenters. The fourth-order valence-electron chi connectivity index (χ4n) is 1.15. The Morgan fingerprint density at radius 2 is 2.08 bits per heavy atom. The van der Waals surface area contributed by atoms with E-state index in [-0.39, 0.29) is 11.3 Å². The van der Waals surface area contributed by atoms with Crippen molar-refractivity contribution < 1.29 is 9.50 Å². The number of benzene rings is 1. The lowest BCUT2D eigenvalue weighted by Gasteiger charge is -2.17. The summed E-state index contributed by atoms with van der Waals surface area (Å²) in [6.45, 7) is 1.50. The first-order valence-electron chi connectivity index (χ1n) is 4.01. The summed E-state index contributed by atoms with van der Waals surface area (Å²) in [6.07, 6.45) is -0.820. The summed E-state index contributed by atoms with van der Waals surface area (Å²) in [5, 5.41) is 9.18. The predicted octanol–water partition coefficient (Wildman–Crippen LogP) is 0.788. The summed E-state index contributed by atoms with van der Waals surface area (Å²) in [4.78, 5) is 0. The number of aliphatic hydroxyl groups excluding tert-OH is 1. The van der Waals surface area contributed by atoms with Crippen LogP contribution in [0.2, 0.25) is 0 Å². The number of nitrogens with two attached hydrogens (primary N) is 2. The second kappa shape index (κ2) is 3.72. The van der Waals surface area contributed by atoms with Gasteiger partial charge in [0.2, 0.25) is 0 Å². The molecule has 1 rings (SSSR count). The Morgan fingerprint density at radius 1 is 1.46 bits per heavy atom. The zero-order valence-electron chi connectivity index (χ0n) is 7.37. The van der Waals surface area contributed by atoms with Gasteiger partial charge in [0.25, 0.3) is 0 Å². The standard InChI is InChI=1S/C9H13FN2O/c1-5(13)9(12)8-6(10)3-2-4-7(8)11/h2-5,9,13H,11-12H2,1H3/t5-,9-/m0/s1. The van der Waals surface area contributed by atoms with Crippen LogP contribution >= 0.6 is 0 Å². The fraction of sp³-hybridized carbons (Fsp3) is 0.333. The lowest BCUT2D eigenvalue weighted by Crippen LogP contribution is -2.25. The highest BCUT2D eigenvalue weighted by Crippen LogP contribution is 2.23. The van der Waals surface area contributed by atoms with Gasteiger partial charge < -0.3 is 16.6 Å². The maximum Gasteiger partial charge on any atom is 0.130 e. The Kier molecular flexibility index (Phi) is 2.85. The van der Waals surface area contributed by atoms with Crippen molar-refractivity contribution in [1.29, 1.82) is 0 Å². The van der Waals surface area contributed by atoms with Gasteiger partial charge in [-0.05, 0) is 19.1 Å². The Morgan fingerprint density at radius 3 is 2.54 bits per heavy atom. The molecule has 2 atom stereocenters. The SMILES string of the molecule is C[C@H](O)[C@H](N)c1c(N)cccc1F. The molecule has 0 spiro atoms. The third-order valence-corrected chi connectivity index (χ3v) is 1.94. The largest absolute Gasteiger partial charge is 0.398 e. The van der Waals surface area contributed by atoms with E-state index < -0.39 is 18.0 Å². The van der Waals surface area contributed by atoms with Crippen LogP contribution in [0.15, 0.2) is 18.2 Å². The van der Waals surface area contributed by atoms with Crippen molar-refractivity contribution in [2.45, 2.75) is 19.1 Å². The number of hydrogen-bond acceptors (Lipinski definition) is 3. The van der Waals surface area contributed by atoms with Crippen LogP contribution in [0.25, 0.3) is 0 Å². The molecule has 1 aromatic rings. The van der Waals surface area contributed by atoms with E-state index in [2.05, 4.69) is 0 Å². The molecule has 1 aromatic carbocycles. The fourth-order valence-corrected chi connectivity index (χ4v) is 1.15. The van der Waals surface area contributed by atoms with Crippen LogP contribution in [0.1, 0.15) is 18.5 Å². The smallest absolute Gasteiger partial charge is 0.130 e. The lowest BCUT2D eigenvalue weighted by atomic mass is 10.0. The number of aliphatic hydroxyl groups is 1. The van der Waals surface area contributed by atoms with Gasteiger partial charge in [0.1, 0.15) is 5.82 Å². The summed E-state index contributed by atoms with van der Waals surface area (Å²) in [6, 6.07) is 3.55. The van der Waals surface area contributed by atoms with Crippen LogP contribution in [-0.4, -0.2) is 11.2 Å². The minimum atomic E-state index is -0.820. The lowest BCUT2D eigenvalue weighted by molar-refractivity contribution is 0.163. The molecule has 0 amide bonds. The molecule has 0 aliphatic rings. The van der Waals surface area contributed by atoms with Gasteiger partial charge in [0.15, 0.2) is 0 Å². The molecule has 0 saturated carbocycles. The van der Waals surface area contributed by atoms with E-state index in [1.165, 1.54) is 19.1 Å². The van der Waals surface area contributed by atoms with Crippen molar-refractivity contribution in [2.24, 2.45) is 5.73 Å². The Labute approximate surface area is 76.2 Å². The molecule has 4 heteroatoms. The molecule has 0 aromatic heterocycles. The summed E-state index contributed by atoms with van der Waals surface area (Å²) in [5.41, 5.74) is 11.5. The number of nitrogen functional groups attached to an aromatic ring is 1. The topological polar surface area (TPSA) is 72.3 Å². The third kappa shape index (κ3) is 1.96. The van der Waals surface area contributed by atoms with Crippen LogP contribution in [0.5, 0.6) is 0 Å². The second-order valence-corrected chi connectivity index (χ2v) is 3.01. The van der Waals surface area contributed by atoms with Crippen LogP contribution in [-0.2, 0) is 0 Å². The molecule has 0 aliphatic heterocycles. The average Bonchev–Trinajstić information content (AvgIpc) is 2.03. The molecule has 0 saturated heterocycles. The first kappa shape index (κ1) is 9.95. The van der Waals surface area contributed by atoms with E-state index in [0.717, 1.165) is 0 Å². The number of hydrogen-bond donors (Lipinski definition) is 3. The molecule has 0 fully saturated rings. The van der Waals surface area contributed by atoms with Crippen LogP contribution in [0, 0.1) is 5.82 Å². The van der Waals surface area contributed by atoms with E-state index in [9.17, 15) is 9.50 Å². The first-order chi connectivity index (χ1) is 6.04. The third-order valence-electron chi connectivity index (χ3n) is 1.94. The van der Waals surface area contributed by atoms with Crippen LogP contribution in [0.4, 0.5) is 10.1 Å². The van der Waals surface area contributed by atoms with Crippen molar-refractivity contribution in [3.63, 3.8) is 0 Å². The molecule has 0 bridgehead atoms. The first-order valence-corrected chi connectivity index (χ1v) is 4.01. The van der Waals surface area contributed by atoms with Gasteiger partial charge in [0, 0.05) is 11.3 Å². The van der Waals surface area contributed by atoms with E-state index >= 15 is 0 Å². The van der Waals surface area contributed by atoms with Gasteiger partial charge in [-0.2, -0.15) is 0 Å². The Balaban J connectivity index is 3.12. The average molecular weight is 184 g/mol. The molecule has 13 heavy (non-hydrogen) atoms. The Bertz CT molecular complexity index is 281. The second-order valence-electron chi connectivity index (χ2n) is 3.01. The summed E-state index contributed by atoms with van der Waals surface area (Å²) >= 11 is 0. The molecule has 0 aliphatic carbocycles. The highest BCUT2D eigenvalue weighted by atomic mass is 19.1.